The van der Waals surface area contributed by atoms with E-state index in [-0.39, 0.29) is 11.0 Å². The molecule has 2 rings (SSSR count). The zero-order valence-electron chi connectivity index (χ0n) is 12.3. The van der Waals surface area contributed by atoms with Gasteiger partial charge < -0.3 is 5.73 Å². The fraction of sp³-hybridized carbons (Fsp3) is 0.800. The van der Waals surface area contributed by atoms with Crippen molar-refractivity contribution in [2.24, 2.45) is 17.6 Å². The van der Waals surface area contributed by atoms with Gasteiger partial charge in [0.25, 0.3) is 0 Å². The number of hydrogen-bond donors (Lipinski definition) is 1. The summed E-state index contributed by atoms with van der Waals surface area (Å²) in [7, 11) is 0. The van der Waals surface area contributed by atoms with Gasteiger partial charge >= 0.3 is 0 Å². The molecule has 18 heavy (non-hydrogen) atoms. The van der Waals surface area contributed by atoms with Gasteiger partial charge in [0, 0.05) is 10.8 Å². The van der Waals surface area contributed by atoms with Crippen LogP contribution >= 0.6 is 11.3 Å². The Balaban J connectivity index is 2.23. The van der Waals surface area contributed by atoms with Gasteiger partial charge in [-0.05, 0) is 31.1 Å². The molecule has 2 N–H and O–H groups in total. The second-order valence-electron chi connectivity index (χ2n) is 7.14. The SMILES string of the molecule is CC1CCC(N)(c2nc(C(C)(C)C)cs2)CC1C. The lowest BCUT2D eigenvalue weighted by molar-refractivity contribution is 0.176. The van der Waals surface area contributed by atoms with Crippen molar-refractivity contribution in [1.82, 2.24) is 4.98 Å². The molecule has 1 saturated carbocycles. The maximum absolute atomic E-state index is 6.64. The predicted octanol–water partition coefficient (Wildman–Crippen LogP) is 4.05. The van der Waals surface area contributed by atoms with Crippen molar-refractivity contribution in [3.63, 3.8) is 0 Å². The summed E-state index contributed by atoms with van der Waals surface area (Å²) in [4.78, 5) is 4.83. The molecule has 1 aromatic heterocycles. The zero-order valence-corrected chi connectivity index (χ0v) is 13.1. The van der Waals surface area contributed by atoms with Crippen molar-refractivity contribution in [3.8, 4) is 0 Å². The third kappa shape index (κ3) is 2.62. The first kappa shape index (κ1) is 14.0. The van der Waals surface area contributed by atoms with Crippen molar-refractivity contribution in [2.75, 3.05) is 0 Å². The summed E-state index contributed by atoms with van der Waals surface area (Å²) in [5.74, 6) is 1.49. The minimum Gasteiger partial charge on any atom is -0.319 e. The first-order valence-corrected chi connectivity index (χ1v) is 7.86. The van der Waals surface area contributed by atoms with E-state index >= 15 is 0 Å². The largest absolute Gasteiger partial charge is 0.319 e. The molecule has 2 nitrogen and oxygen atoms in total. The maximum Gasteiger partial charge on any atom is 0.113 e. The van der Waals surface area contributed by atoms with E-state index in [4.69, 9.17) is 10.7 Å². The van der Waals surface area contributed by atoms with E-state index in [1.165, 1.54) is 12.1 Å². The van der Waals surface area contributed by atoms with Gasteiger partial charge in [-0.15, -0.1) is 11.3 Å². The Hall–Kier alpha value is -0.410. The van der Waals surface area contributed by atoms with Crippen LogP contribution in [0.5, 0.6) is 0 Å². The predicted molar refractivity (Wildman–Crippen MR) is 78.9 cm³/mol. The number of thiazole rings is 1. The van der Waals surface area contributed by atoms with Gasteiger partial charge in [-0.1, -0.05) is 34.6 Å². The molecule has 0 amide bonds. The van der Waals surface area contributed by atoms with Crippen LogP contribution in [-0.4, -0.2) is 4.98 Å². The molecule has 3 atom stereocenters. The maximum atomic E-state index is 6.64. The quantitative estimate of drug-likeness (QED) is 0.833. The van der Waals surface area contributed by atoms with Gasteiger partial charge in [-0.2, -0.15) is 0 Å². The van der Waals surface area contributed by atoms with E-state index in [1.54, 1.807) is 11.3 Å². The fourth-order valence-electron chi connectivity index (χ4n) is 2.69. The molecule has 1 fully saturated rings. The van der Waals surface area contributed by atoms with Crippen molar-refractivity contribution >= 4 is 11.3 Å². The molecule has 3 heteroatoms. The molecule has 1 aliphatic carbocycles. The molecule has 3 unspecified atom stereocenters. The molecule has 0 saturated heterocycles. The average molecular weight is 266 g/mol. The van der Waals surface area contributed by atoms with Crippen molar-refractivity contribution in [2.45, 2.75) is 64.8 Å². The fourth-order valence-corrected chi connectivity index (χ4v) is 3.89. The minimum absolute atomic E-state index is 0.124. The van der Waals surface area contributed by atoms with Crippen LogP contribution in [0.4, 0.5) is 0 Å². The third-order valence-electron chi connectivity index (χ3n) is 4.40. The number of aromatic nitrogens is 1. The van der Waals surface area contributed by atoms with Crippen LogP contribution in [0, 0.1) is 11.8 Å². The monoisotopic (exact) mass is 266 g/mol. The third-order valence-corrected chi connectivity index (χ3v) is 5.46. The lowest BCUT2D eigenvalue weighted by Crippen LogP contribution is -2.43. The normalized spacial score (nSPS) is 33.7. The smallest absolute Gasteiger partial charge is 0.113 e. The molecule has 1 aromatic rings. The Bertz CT molecular complexity index is 418. The van der Waals surface area contributed by atoms with Gasteiger partial charge in [-0.3, -0.25) is 0 Å². The van der Waals surface area contributed by atoms with E-state index < -0.39 is 0 Å². The lowest BCUT2D eigenvalue weighted by Gasteiger charge is -2.38. The number of nitrogens with two attached hydrogens (primary N) is 1. The van der Waals surface area contributed by atoms with Crippen LogP contribution in [0.1, 0.15) is 64.6 Å². The van der Waals surface area contributed by atoms with Gasteiger partial charge in [-0.25, -0.2) is 4.98 Å². The Kier molecular flexibility index (Phi) is 3.58. The molecule has 102 valence electrons. The average Bonchev–Trinajstić information content (AvgIpc) is 2.73. The minimum atomic E-state index is -0.180. The zero-order chi connectivity index (χ0) is 13.6. The molecule has 1 heterocycles. The Morgan fingerprint density at radius 3 is 2.50 bits per heavy atom. The van der Waals surface area contributed by atoms with Gasteiger partial charge in [0.1, 0.15) is 5.01 Å². The first-order valence-electron chi connectivity index (χ1n) is 6.98. The molecule has 0 aliphatic heterocycles. The van der Waals surface area contributed by atoms with Crippen LogP contribution in [0.25, 0.3) is 0 Å². The van der Waals surface area contributed by atoms with Gasteiger partial charge in [0.15, 0.2) is 0 Å². The van der Waals surface area contributed by atoms with Gasteiger partial charge in [0.2, 0.25) is 0 Å². The summed E-state index contributed by atoms with van der Waals surface area (Å²) >= 11 is 1.75. The van der Waals surface area contributed by atoms with Gasteiger partial charge in [0.05, 0.1) is 11.2 Å². The molecule has 1 aliphatic rings. The van der Waals surface area contributed by atoms with Crippen molar-refractivity contribution < 1.29 is 0 Å². The lowest BCUT2D eigenvalue weighted by atomic mass is 9.72. The van der Waals surface area contributed by atoms with Crippen LogP contribution < -0.4 is 5.73 Å². The van der Waals surface area contributed by atoms with E-state index in [2.05, 4.69) is 40.0 Å². The highest BCUT2D eigenvalue weighted by molar-refractivity contribution is 7.09. The van der Waals surface area contributed by atoms with E-state index in [9.17, 15) is 0 Å². The van der Waals surface area contributed by atoms with E-state index in [0.717, 1.165) is 23.8 Å². The number of rotatable bonds is 1. The highest BCUT2D eigenvalue weighted by Crippen LogP contribution is 2.42. The van der Waals surface area contributed by atoms with Crippen LogP contribution in [-0.2, 0) is 11.0 Å². The standard InChI is InChI=1S/C15H26N2S/c1-10-6-7-15(16,8-11(10)2)13-17-12(9-18-13)14(3,4)5/h9-11H,6-8,16H2,1-5H3. The van der Waals surface area contributed by atoms with Crippen molar-refractivity contribution in [1.29, 1.82) is 0 Å². The molecule has 0 aromatic carbocycles. The van der Waals surface area contributed by atoms with Crippen LogP contribution in [0.2, 0.25) is 0 Å². The summed E-state index contributed by atoms with van der Waals surface area (Å²) < 4.78 is 0. The topological polar surface area (TPSA) is 38.9 Å². The summed E-state index contributed by atoms with van der Waals surface area (Å²) in [6.07, 6.45) is 3.38. The Morgan fingerprint density at radius 1 is 1.33 bits per heavy atom. The van der Waals surface area contributed by atoms with Crippen molar-refractivity contribution in [3.05, 3.63) is 16.1 Å². The van der Waals surface area contributed by atoms with E-state index in [0.29, 0.717) is 5.92 Å². The summed E-state index contributed by atoms with van der Waals surface area (Å²) in [6.45, 7) is 11.3. The first-order chi connectivity index (χ1) is 8.22. The summed E-state index contributed by atoms with van der Waals surface area (Å²) in [5.41, 5.74) is 7.76. The Morgan fingerprint density at radius 2 is 2.00 bits per heavy atom. The molecular formula is C15H26N2S. The van der Waals surface area contributed by atoms with E-state index in [1.807, 2.05) is 0 Å². The molecule has 0 bridgehead atoms. The Labute approximate surface area is 115 Å². The van der Waals surface area contributed by atoms with Crippen LogP contribution in [0.3, 0.4) is 0 Å². The van der Waals surface area contributed by atoms with Crippen LogP contribution in [0.15, 0.2) is 5.38 Å². The highest BCUT2D eigenvalue weighted by Gasteiger charge is 2.38. The number of hydrogen-bond acceptors (Lipinski definition) is 3. The second kappa shape index (κ2) is 4.61. The number of nitrogens with zero attached hydrogens (tertiary/aromatic N) is 1. The summed E-state index contributed by atoms with van der Waals surface area (Å²) in [6, 6.07) is 0. The highest BCUT2D eigenvalue weighted by atomic mass is 32.1. The second-order valence-corrected chi connectivity index (χ2v) is 8.00. The molecular weight excluding hydrogens is 240 g/mol. The molecule has 0 spiro atoms. The molecule has 0 radical (unpaired) electrons. The summed E-state index contributed by atoms with van der Waals surface area (Å²) in [5, 5.41) is 3.33.